The van der Waals surface area contributed by atoms with E-state index in [1.807, 2.05) is 57.2 Å². The zero-order valence-electron chi connectivity index (χ0n) is 16.5. The maximum atomic E-state index is 12.2. The molecule has 0 unspecified atom stereocenters. The molecule has 1 aromatic carbocycles. The topological polar surface area (TPSA) is 70.6 Å². The molecule has 5 heteroatoms. The standard InChI is InChI=1S/C21H34N2O3/c1-6-10-16(2)14-22-15-19(24)18(13-17-11-8-7-9-12-17)23-20(25)26-21(3,4)5/h6-9,11-12,16,18-19,22,24H,1,10,13-15H2,2-5H3,(H,23,25)/t16-,18+,19-/m1/s1. The Morgan fingerprint density at radius 3 is 2.50 bits per heavy atom. The predicted octanol–water partition coefficient (Wildman–Crippen LogP) is 3.29. The van der Waals surface area contributed by atoms with Gasteiger partial charge in [0.2, 0.25) is 0 Å². The van der Waals surface area contributed by atoms with Crippen molar-refractivity contribution < 1.29 is 14.6 Å². The number of rotatable bonds is 10. The Kier molecular flexibility index (Phi) is 9.38. The second-order valence-corrected chi connectivity index (χ2v) is 7.80. The van der Waals surface area contributed by atoms with Crippen LogP contribution in [0.3, 0.4) is 0 Å². The number of hydrogen-bond donors (Lipinski definition) is 3. The largest absolute Gasteiger partial charge is 0.444 e. The molecule has 0 aliphatic rings. The minimum atomic E-state index is -0.723. The number of hydrogen-bond acceptors (Lipinski definition) is 4. The smallest absolute Gasteiger partial charge is 0.407 e. The molecule has 1 aromatic rings. The highest BCUT2D eigenvalue weighted by atomic mass is 16.6. The molecule has 0 heterocycles. The normalized spacial score (nSPS) is 15.0. The Morgan fingerprint density at radius 1 is 1.27 bits per heavy atom. The van der Waals surface area contributed by atoms with Crippen LogP contribution < -0.4 is 10.6 Å². The summed E-state index contributed by atoms with van der Waals surface area (Å²) in [7, 11) is 0. The lowest BCUT2D eigenvalue weighted by Crippen LogP contribution is -2.50. The van der Waals surface area contributed by atoms with Crippen LogP contribution in [0, 0.1) is 5.92 Å². The summed E-state index contributed by atoms with van der Waals surface area (Å²) in [5.74, 6) is 0.450. The number of aliphatic hydroxyl groups excluding tert-OH is 1. The van der Waals surface area contributed by atoms with Gasteiger partial charge in [-0.25, -0.2) is 4.79 Å². The van der Waals surface area contributed by atoms with Crippen molar-refractivity contribution in [1.82, 2.24) is 10.6 Å². The number of ether oxygens (including phenoxy) is 1. The van der Waals surface area contributed by atoms with Crippen LogP contribution in [-0.4, -0.2) is 42.0 Å². The van der Waals surface area contributed by atoms with Crippen LogP contribution in [0.2, 0.25) is 0 Å². The van der Waals surface area contributed by atoms with E-state index >= 15 is 0 Å². The molecule has 0 radical (unpaired) electrons. The number of allylic oxidation sites excluding steroid dienone is 1. The number of aliphatic hydroxyl groups is 1. The number of amides is 1. The SMILES string of the molecule is C=CC[C@@H](C)CNC[C@@H](O)[C@H](Cc1ccccc1)NC(=O)OC(C)(C)C. The van der Waals surface area contributed by atoms with Crippen LogP contribution in [0.5, 0.6) is 0 Å². The maximum absolute atomic E-state index is 12.2. The number of carbonyl (C=O) groups excluding carboxylic acids is 1. The van der Waals surface area contributed by atoms with Crippen molar-refractivity contribution in [3.8, 4) is 0 Å². The molecule has 1 amide bonds. The third-order valence-corrected chi connectivity index (χ3v) is 3.88. The Labute approximate surface area is 157 Å². The van der Waals surface area contributed by atoms with Gasteiger partial charge in [-0.05, 0) is 51.6 Å². The van der Waals surface area contributed by atoms with Gasteiger partial charge in [0.05, 0.1) is 12.1 Å². The highest BCUT2D eigenvalue weighted by molar-refractivity contribution is 5.68. The van der Waals surface area contributed by atoms with Gasteiger partial charge < -0.3 is 20.5 Å². The Bertz CT molecular complexity index is 540. The monoisotopic (exact) mass is 362 g/mol. The van der Waals surface area contributed by atoms with E-state index < -0.39 is 23.8 Å². The molecule has 26 heavy (non-hydrogen) atoms. The fourth-order valence-corrected chi connectivity index (χ4v) is 2.60. The summed E-state index contributed by atoms with van der Waals surface area (Å²) in [4.78, 5) is 12.2. The molecule has 0 bridgehead atoms. The van der Waals surface area contributed by atoms with Crippen molar-refractivity contribution in [2.75, 3.05) is 13.1 Å². The molecular formula is C21H34N2O3. The summed E-state index contributed by atoms with van der Waals surface area (Å²) < 4.78 is 5.34. The predicted molar refractivity (Wildman–Crippen MR) is 106 cm³/mol. The lowest BCUT2D eigenvalue weighted by atomic mass is 10.0. The van der Waals surface area contributed by atoms with Gasteiger partial charge in [-0.3, -0.25) is 0 Å². The molecule has 0 saturated carbocycles. The third kappa shape index (κ3) is 9.59. The van der Waals surface area contributed by atoms with Crippen LogP contribution in [0.4, 0.5) is 4.79 Å². The van der Waals surface area contributed by atoms with E-state index in [2.05, 4.69) is 24.1 Å². The second-order valence-electron chi connectivity index (χ2n) is 7.80. The summed E-state index contributed by atoms with van der Waals surface area (Å²) in [6.45, 7) is 12.5. The fraction of sp³-hybridized carbons (Fsp3) is 0.571. The molecule has 0 aliphatic heterocycles. The van der Waals surface area contributed by atoms with E-state index in [0.29, 0.717) is 18.9 Å². The van der Waals surface area contributed by atoms with Gasteiger partial charge in [-0.15, -0.1) is 6.58 Å². The van der Waals surface area contributed by atoms with Crippen molar-refractivity contribution in [1.29, 1.82) is 0 Å². The maximum Gasteiger partial charge on any atom is 0.407 e. The Balaban J connectivity index is 2.66. The van der Waals surface area contributed by atoms with Gasteiger partial charge in [0.15, 0.2) is 0 Å². The van der Waals surface area contributed by atoms with E-state index in [1.54, 1.807) is 0 Å². The van der Waals surface area contributed by atoms with Crippen LogP contribution in [0.1, 0.15) is 39.7 Å². The van der Waals surface area contributed by atoms with Gasteiger partial charge in [0.1, 0.15) is 5.60 Å². The molecule has 3 atom stereocenters. The minimum absolute atomic E-state index is 0.398. The quantitative estimate of drug-likeness (QED) is 0.559. The zero-order valence-corrected chi connectivity index (χ0v) is 16.5. The van der Waals surface area contributed by atoms with Crippen LogP contribution in [0.15, 0.2) is 43.0 Å². The van der Waals surface area contributed by atoms with Gasteiger partial charge in [0, 0.05) is 6.54 Å². The highest BCUT2D eigenvalue weighted by Crippen LogP contribution is 2.10. The third-order valence-electron chi connectivity index (χ3n) is 3.88. The van der Waals surface area contributed by atoms with E-state index in [-0.39, 0.29) is 0 Å². The molecule has 1 rings (SSSR count). The minimum Gasteiger partial charge on any atom is -0.444 e. The zero-order chi connectivity index (χ0) is 19.6. The average Bonchev–Trinajstić information content (AvgIpc) is 2.53. The van der Waals surface area contributed by atoms with Crippen molar-refractivity contribution in [2.24, 2.45) is 5.92 Å². The van der Waals surface area contributed by atoms with Gasteiger partial charge in [0.25, 0.3) is 0 Å². The summed E-state index contributed by atoms with van der Waals surface area (Å²) in [6, 6.07) is 9.36. The van der Waals surface area contributed by atoms with Crippen LogP contribution in [-0.2, 0) is 11.2 Å². The first-order valence-electron chi connectivity index (χ1n) is 9.24. The summed E-state index contributed by atoms with van der Waals surface area (Å²) in [6.07, 6.45) is 2.11. The van der Waals surface area contributed by atoms with Crippen LogP contribution >= 0.6 is 0 Å². The number of benzene rings is 1. The molecular weight excluding hydrogens is 328 g/mol. The van der Waals surface area contributed by atoms with E-state index in [4.69, 9.17) is 4.74 Å². The fourth-order valence-electron chi connectivity index (χ4n) is 2.60. The lowest BCUT2D eigenvalue weighted by molar-refractivity contribution is 0.0422. The van der Waals surface area contributed by atoms with E-state index in [0.717, 1.165) is 18.5 Å². The highest BCUT2D eigenvalue weighted by Gasteiger charge is 2.24. The van der Waals surface area contributed by atoms with Crippen LogP contribution in [0.25, 0.3) is 0 Å². The molecule has 3 N–H and O–H groups in total. The lowest BCUT2D eigenvalue weighted by Gasteiger charge is -2.27. The first-order chi connectivity index (χ1) is 12.2. The molecule has 146 valence electrons. The van der Waals surface area contributed by atoms with Crippen molar-refractivity contribution in [2.45, 2.75) is 58.3 Å². The Hall–Kier alpha value is -1.85. The average molecular weight is 363 g/mol. The van der Waals surface area contributed by atoms with Crippen molar-refractivity contribution >= 4 is 6.09 Å². The number of carbonyl (C=O) groups is 1. The molecule has 0 saturated heterocycles. The first-order valence-corrected chi connectivity index (χ1v) is 9.24. The summed E-state index contributed by atoms with van der Waals surface area (Å²) >= 11 is 0. The first kappa shape index (κ1) is 22.2. The number of nitrogens with one attached hydrogen (secondary N) is 2. The number of alkyl carbamates (subject to hydrolysis) is 1. The van der Waals surface area contributed by atoms with E-state index in [1.165, 1.54) is 0 Å². The molecule has 0 aromatic heterocycles. The van der Waals surface area contributed by atoms with E-state index in [9.17, 15) is 9.90 Å². The molecule has 0 fully saturated rings. The molecule has 0 spiro atoms. The van der Waals surface area contributed by atoms with Gasteiger partial charge >= 0.3 is 6.09 Å². The summed E-state index contributed by atoms with van der Waals surface area (Å²) in [5, 5.41) is 16.7. The molecule has 5 nitrogen and oxygen atoms in total. The Morgan fingerprint density at radius 2 is 1.92 bits per heavy atom. The van der Waals surface area contributed by atoms with Gasteiger partial charge in [-0.1, -0.05) is 43.3 Å². The van der Waals surface area contributed by atoms with Crippen molar-refractivity contribution in [3.63, 3.8) is 0 Å². The van der Waals surface area contributed by atoms with Crippen molar-refractivity contribution in [3.05, 3.63) is 48.6 Å². The molecule has 0 aliphatic carbocycles. The summed E-state index contributed by atoms with van der Waals surface area (Å²) in [5.41, 5.74) is 0.470. The van der Waals surface area contributed by atoms with Gasteiger partial charge in [-0.2, -0.15) is 0 Å². The second kappa shape index (κ2) is 11.0.